The zero-order valence-corrected chi connectivity index (χ0v) is 11.3. The molecule has 0 aliphatic carbocycles. The minimum Gasteiger partial charge on any atom is -0.361 e. The Bertz CT molecular complexity index is 693. The topological polar surface area (TPSA) is 45.6 Å². The monoisotopic (exact) mass is 254 g/mol. The smallest absolute Gasteiger partial charge is 0.0537 e. The Morgan fingerprint density at radius 2 is 2.16 bits per heavy atom. The Balaban J connectivity index is 1.64. The molecular formula is C15H18N4. The summed E-state index contributed by atoms with van der Waals surface area (Å²) in [4.78, 5) is 3.21. The summed E-state index contributed by atoms with van der Waals surface area (Å²) in [6, 6.07) is 8.60. The maximum absolute atomic E-state index is 4.25. The van der Waals surface area contributed by atoms with Gasteiger partial charge >= 0.3 is 0 Å². The van der Waals surface area contributed by atoms with Gasteiger partial charge in [0.2, 0.25) is 0 Å². The van der Waals surface area contributed by atoms with Crippen LogP contribution in [0.4, 0.5) is 0 Å². The lowest BCUT2D eigenvalue weighted by Gasteiger charge is -2.05. The maximum atomic E-state index is 4.25. The molecule has 0 atom stereocenters. The van der Waals surface area contributed by atoms with Crippen molar-refractivity contribution < 1.29 is 0 Å². The second-order valence-electron chi connectivity index (χ2n) is 4.88. The van der Waals surface area contributed by atoms with E-state index in [1.807, 2.05) is 24.1 Å². The zero-order valence-electron chi connectivity index (χ0n) is 11.3. The zero-order chi connectivity index (χ0) is 13.2. The van der Waals surface area contributed by atoms with E-state index < -0.39 is 0 Å². The van der Waals surface area contributed by atoms with Gasteiger partial charge in [-0.15, -0.1) is 0 Å². The molecule has 2 heterocycles. The molecule has 0 amide bonds. The van der Waals surface area contributed by atoms with Gasteiger partial charge in [-0.1, -0.05) is 6.07 Å². The Labute approximate surface area is 112 Å². The van der Waals surface area contributed by atoms with Gasteiger partial charge in [0.25, 0.3) is 0 Å². The number of nitrogens with one attached hydrogen (secondary N) is 2. The first kappa shape index (κ1) is 12.0. The quantitative estimate of drug-likeness (QED) is 0.751. The molecule has 1 aromatic carbocycles. The molecule has 0 aliphatic rings. The average Bonchev–Trinajstić information content (AvgIpc) is 2.99. The molecular weight excluding hydrogens is 236 g/mol. The van der Waals surface area contributed by atoms with E-state index in [1.54, 1.807) is 0 Å². The summed E-state index contributed by atoms with van der Waals surface area (Å²) in [7, 11) is 1.97. The van der Waals surface area contributed by atoms with Crippen LogP contribution < -0.4 is 5.32 Å². The van der Waals surface area contributed by atoms with Gasteiger partial charge in [-0.2, -0.15) is 5.10 Å². The number of H-pyrrole nitrogens is 1. The van der Waals surface area contributed by atoms with Crippen molar-refractivity contribution in [2.45, 2.75) is 20.0 Å². The lowest BCUT2D eigenvalue weighted by Crippen LogP contribution is -2.13. The number of aromatic nitrogens is 3. The largest absolute Gasteiger partial charge is 0.361 e. The van der Waals surface area contributed by atoms with E-state index in [1.165, 1.54) is 27.7 Å². The van der Waals surface area contributed by atoms with Crippen LogP contribution in [-0.2, 0) is 20.1 Å². The minimum absolute atomic E-state index is 0.852. The lowest BCUT2D eigenvalue weighted by atomic mass is 10.1. The second kappa shape index (κ2) is 4.90. The predicted octanol–water partition coefficient (Wildman–Crippen LogP) is 2.50. The van der Waals surface area contributed by atoms with Crippen molar-refractivity contribution in [3.8, 4) is 0 Å². The normalized spacial score (nSPS) is 11.3. The fraction of sp³-hybridized carbons (Fsp3) is 0.267. The molecule has 3 rings (SSSR count). The van der Waals surface area contributed by atoms with E-state index in [-0.39, 0.29) is 0 Å². The molecule has 0 saturated carbocycles. The van der Waals surface area contributed by atoms with Gasteiger partial charge in [0.1, 0.15) is 0 Å². The third kappa shape index (κ3) is 2.39. The number of hydrogen-bond donors (Lipinski definition) is 2. The molecule has 0 bridgehead atoms. The van der Waals surface area contributed by atoms with E-state index in [0.717, 1.165) is 13.1 Å². The SMILES string of the molecule is Cc1c(CNCc2ccc3[nH]ccc3c2)cnn1C. The van der Waals surface area contributed by atoms with E-state index in [0.29, 0.717) is 0 Å². The molecule has 2 N–H and O–H groups in total. The van der Waals surface area contributed by atoms with E-state index in [9.17, 15) is 0 Å². The Morgan fingerprint density at radius 1 is 1.26 bits per heavy atom. The summed E-state index contributed by atoms with van der Waals surface area (Å²) < 4.78 is 1.91. The molecule has 4 nitrogen and oxygen atoms in total. The molecule has 0 fully saturated rings. The molecule has 2 aromatic heterocycles. The van der Waals surface area contributed by atoms with Gasteiger partial charge in [-0.3, -0.25) is 4.68 Å². The highest BCUT2D eigenvalue weighted by atomic mass is 15.3. The summed E-state index contributed by atoms with van der Waals surface area (Å²) in [5.74, 6) is 0. The van der Waals surface area contributed by atoms with Crippen LogP contribution in [0.1, 0.15) is 16.8 Å². The number of aromatic amines is 1. The second-order valence-corrected chi connectivity index (χ2v) is 4.88. The van der Waals surface area contributed by atoms with Crippen LogP contribution in [-0.4, -0.2) is 14.8 Å². The molecule has 0 aliphatic heterocycles. The van der Waals surface area contributed by atoms with E-state index >= 15 is 0 Å². The van der Waals surface area contributed by atoms with Crippen LogP contribution in [0.25, 0.3) is 10.9 Å². The summed E-state index contributed by atoms with van der Waals surface area (Å²) in [5, 5.41) is 8.97. The number of rotatable bonds is 4. The summed E-state index contributed by atoms with van der Waals surface area (Å²) in [5.41, 5.74) is 4.96. The third-order valence-electron chi connectivity index (χ3n) is 3.60. The van der Waals surface area contributed by atoms with Crippen molar-refractivity contribution >= 4 is 10.9 Å². The van der Waals surface area contributed by atoms with Crippen LogP contribution in [0.3, 0.4) is 0 Å². The Kier molecular flexibility index (Phi) is 3.09. The molecule has 98 valence electrons. The van der Waals surface area contributed by atoms with Crippen molar-refractivity contribution in [1.29, 1.82) is 0 Å². The summed E-state index contributed by atoms with van der Waals surface area (Å²) in [6.45, 7) is 3.82. The molecule has 0 saturated heterocycles. The number of benzene rings is 1. The number of hydrogen-bond acceptors (Lipinski definition) is 2. The molecule has 0 radical (unpaired) electrons. The van der Waals surface area contributed by atoms with Crippen molar-refractivity contribution in [2.24, 2.45) is 7.05 Å². The molecule has 0 unspecified atom stereocenters. The van der Waals surface area contributed by atoms with Crippen molar-refractivity contribution in [3.05, 3.63) is 53.5 Å². The van der Waals surface area contributed by atoms with Crippen molar-refractivity contribution in [1.82, 2.24) is 20.1 Å². The first-order chi connectivity index (χ1) is 9.24. The first-order valence-corrected chi connectivity index (χ1v) is 6.48. The van der Waals surface area contributed by atoms with Gasteiger partial charge in [0.05, 0.1) is 6.20 Å². The number of aryl methyl sites for hydroxylation is 1. The van der Waals surface area contributed by atoms with Crippen LogP contribution in [0, 0.1) is 6.92 Å². The highest BCUT2D eigenvalue weighted by Gasteiger charge is 2.03. The maximum Gasteiger partial charge on any atom is 0.0537 e. The molecule has 0 spiro atoms. The number of nitrogens with zero attached hydrogens (tertiary/aromatic N) is 2. The van der Waals surface area contributed by atoms with Gasteiger partial charge in [0, 0.05) is 43.1 Å². The molecule has 4 heteroatoms. The molecule has 3 aromatic rings. The predicted molar refractivity (Wildman–Crippen MR) is 76.8 cm³/mol. The van der Waals surface area contributed by atoms with Crippen LogP contribution >= 0.6 is 0 Å². The van der Waals surface area contributed by atoms with Gasteiger partial charge in [-0.25, -0.2) is 0 Å². The standard InChI is InChI=1S/C15H18N4/c1-11-14(10-18-19(11)2)9-16-8-12-3-4-15-13(7-12)5-6-17-15/h3-7,10,16-17H,8-9H2,1-2H3. The third-order valence-corrected chi connectivity index (χ3v) is 3.60. The highest BCUT2D eigenvalue weighted by molar-refractivity contribution is 5.79. The van der Waals surface area contributed by atoms with Crippen LogP contribution in [0.5, 0.6) is 0 Å². The minimum atomic E-state index is 0.852. The van der Waals surface area contributed by atoms with Gasteiger partial charge in [0.15, 0.2) is 0 Å². The summed E-state index contributed by atoms with van der Waals surface area (Å²) in [6.07, 6.45) is 3.90. The fourth-order valence-electron chi connectivity index (χ4n) is 2.27. The Hall–Kier alpha value is -2.07. The summed E-state index contributed by atoms with van der Waals surface area (Å²) >= 11 is 0. The van der Waals surface area contributed by atoms with E-state index in [4.69, 9.17) is 0 Å². The van der Waals surface area contributed by atoms with Crippen molar-refractivity contribution in [2.75, 3.05) is 0 Å². The van der Waals surface area contributed by atoms with Crippen LogP contribution in [0.15, 0.2) is 36.7 Å². The van der Waals surface area contributed by atoms with Gasteiger partial charge < -0.3 is 10.3 Å². The average molecular weight is 254 g/mol. The van der Waals surface area contributed by atoms with Gasteiger partial charge in [-0.05, 0) is 36.1 Å². The molecule has 19 heavy (non-hydrogen) atoms. The van der Waals surface area contributed by atoms with Crippen molar-refractivity contribution in [3.63, 3.8) is 0 Å². The Morgan fingerprint density at radius 3 is 2.95 bits per heavy atom. The van der Waals surface area contributed by atoms with Crippen LogP contribution in [0.2, 0.25) is 0 Å². The highest BCUT2D eigenvalue weighted by Crippen LogP contribution is 2.14. The fourth-order valence-corrected chi connectivity index (χ4v) is 2.27. The van der Waals surface area contributed by atoms with E-state index in [2.05, 4.69) is 46.6 Å². The lowest BCUT2D eigenvalue weighted by molar-refractivity contribution is 0.685. The number of fused-ring (bicyclic) bond motifs is 1. The first-order valence-electron chi connectivity index (χ1n) is 6.48.